The first-order chi connectivity index (χ1) is 14.3. The smallest absolute Gasteiger partial charge is 0.255 e. The van der Waals surface area contributed by atoms with E-state index in [1.165, 1.54) is 12.8 Å². The van der Waals surface area contributed by atoms with Gasteiger partial charge >= 0.3 is 0 Å². The van der Waals surface area contributed by atoms with Crippen molar-refractivity contribution in [1.29, 1.82) is 0 Å². The van der Waals surface area contributed by atoms with Crippen LogP contribution in [0, 0.1) is 5.41 Å². The normalized spacial score (nSPS) is 14.3. The van der Waals surface area contributed by atoms with Crippen molar-refractivity contribution in [3.8, 4) is 11.5 Å². The van der Waals surface area contributed by atoms with Crippen molar-refractivity contribution < 1.29 is 19.1 Å². The summed E-state index contributed by atoms with van der Waals surface area (Å²) < 4.78 is 11.5. The minimum absolute atomic E-state index is 0.0893. The first-order valence-corrected chi connectivity index (χ1v) is 10.3. The lowest BCUT2D eigenvalue weighted by atomic mass is 9.95. The van der Waals surface area contributed by atoms with Crippen LogP contribution >= 0.6 is 0 Å². The second-order valence-corrected chi connectivity index (χ2v) is 8.63. The number of hydrogen-bond donors (Lipinski definition) is 2. The van der Waals surface area contributed by atoms with Crippen LogP contribution in [0.1, 0.15) is 56.8 Å². The average molecular weight is 411 g/mol. The van der Waals surface area contributed by atoms with Crippen LogP contribution in [0.25, 0.3) is 0 Å². The Hall–Kier alpha value is -3.02. The van der Waals surface area contributed by atoms with Gasteiger partial charge in [-0.15, -0.1) is 0 Å². The Morgan fingerprint density at radius 2 is 1.60 bits per heavy atom. The summed E-state index contributed by atoms with van der Waals surface area (Å²) in [5, 5.41) is 5.74. The largest absolute Gasteiger partial charge is 0.493 e. The van der Waals surface area contributed by atoms with E-state index in [0.29, 0.717) is 28.4 Å². The summed E-state index contributed by atoms with van der Waals surface area (Å²) in [6, 6.07) is 12.3. The van der Waals surface area contributed by atoms with Crippen molar-refractivity contribution in [2.45, 2.75) is 52.6 Å². The van der Waals surface area contributed by atoms with E-state index in [1.807, 2.05) is 20.8 Å². The Morgan fingerprint density at radius 1 is 0.933 bits per heavy atom. The highest BCUT2D eigenvalue weighted by molar-refractivity contribution is 6.05. The van der Waals surface area contributed by atoms with Crippen molar-refractivity contribution in [3.05, 3.63) is 48.0 Å². The Balaban J connectivity index is 1.69. The Morgan fingerprint density at radius 3 is 2.23 bits per heavy atom. The number of carbonyl (C=O) groups excluding carboxylic acids is 2. The summed E-state index contributed by atoms with van der Waals surface area (Å²) >= 11 is 0. The number of rotatable bonds is 6. The number of benzene rings is 2. The van der Waals surface area contributed by atoms with Crippen molar-refractivity contribution >= 4 is 23.2 Å². The molecule has 6 heteroatoms. The third kappa shape index (κ3) is 5.53. The third-order valence-electron chi connectivity index (χ3n) is 5.08. The lowest BCUT2D eigenvalue weighted by Gasteiger charge is -2.18. The molecule has 0 bridgehead atoms. The van der Waals surface area contributed by atoms with E-state index in [9.17, 15) is 9.59 Å². The van der Waals surface area contributed by atoms with Gasteiger partial charge in [0.05, 0.1) is 13.2 Å². The van der Waals surface area contributed by atoms with Gasteiger partial charge in [-0.1, -0.05) is 26.8 Å². The van der Waals surface area contributed by atoms with Gasteiger partial charge in [0.15, 0.2) is 11.5 Å². The van der Waals surface area contributed by atoms with Crippen molar-refractivity contribution in [2.75, 3.05) is 17.7 Å². The number of anilines is 2. The van der Waals surface area contributed by atoms with Crippen LogP contribution in [0.2, 0.25) is 0 Å². The van der Waals surface area contributed by atoms with Crippen molar-refractivity contribution in [1.82, 2.24) is 0 Å². The lowest BCUT2D eigenvalue weighted by Crippen LogP contribution is -2.27. The molecule has 0 aliphatic heterocycles. The number of amides is 2. The molecule has 0 spiro atoms. The van der Waals surface area contributed by atoms with Gasteiger partial charge in [0, 0.05) is 22.4 Å². The van der Waals surface area contributed by atoms with Crippen molar-refractivity contribution in [2.24, 2.45) is 5.41 Å². The molecule has 0 atom stereocenters. The number of carbonyl (C=O) groups is 2. The monoisotopic (exact) mass is 410 g/mol. The minimum atomic E-state index is -0.502. The van der Waals surface area contributed by atoms with Crippen LogP contribution in [0.15, 0.2) is 42.5 Å². The summed E-state index contributed by atoms with van der Waals surface area (Å²) in [7, 11) is 1.57. The maximum atomic E-state index is 12.7. The molecule has 1 aliphatic carbocycles. The maximum absolute atomic E-state index is 12.7. The number of ether oxygens (including phenoxy) is 2. The molecule has 2 N–H and O–H groups in total. The molecule has 0 aromatic heterocycles. The van der Waals surface area contributed by atoms with Gasteiger partial charge < -0.3 is 20.1 Å². The average Bonchev–Trinajstić information content (AvgIpc) is 3.21. The molecular formula is C24H30N2O4. The summed E-state index contributed by atoms with van der Waals surface area (Å²) in [6.45, 7) is 5.55. The van der Waals surface area contributed by atoms with Gasteiger partial charge in [0.2, 0.25) is 5.91 Å². The number of methoxy groups -OCH3 is 1. The van der Waals surface area contributed by atoms with Gasteiger partial charge in [-0.3, -0.25) is 9.59 Å². The molecule has 160 valence electrons. The second-order valence-electron chi connectivity index (χ2n) is 8.63. The predicted molar refractivity (Wildman–Crippen MR) is 118 cm³/mol. The highest BCUT2D eigenvalue weighted by Crippen LogP contribution is 2.32. The summed E-state index contributed by atoms with van der Waals surface area (Å²) in [5.74, 6) is 0.849. The fourth-order valence-corrected chi connectivity index (χ4v) is 3.29. The lowest BCUT2D eigenvalue weighted by molar-refractivity contribution is -0.123. The van der Waals surface area contributed by atoms with E-state index < -0.39 is 5.41 Å². The topological polar surface area (TPSA) is 76.7 Å². The summed E-state index contributed by atoms with van der Waals surface area (Å²) in [5.41, 5.74) is 1.19. The molecule has 1 saturated carbocycles. The Kier molecular flexibility index (Phi) is 6.65. The Bertz CT molecular complexity index is 912. The van der Waals surface area contributed by atoms with Crippen LogP contribution in [0.3, 0.4) is 0 Å². The molecule has 0 radical (unpaired) electrons. The number of nitrogens with one attached hydrogen (secondary N) is 2. The molecule has 0 heterocycles. The SMILES string of the molecule is COc1cc(C(=O)Nc2cccc(NC(=O)C(C)(C)C)c2)ccc1OC1CCCC1. The van der Waals surface area contributed by atoms with E-state index in [0.717, 1.165) is 12.8 Å². The van der Waals surface area contributed by atoms with Gasteiger partial charge in [0.1, 0.15) is 0 Å². The minimum Gasteiger partial charge on any atom is -0.493 e. The highest BCUT2D eigenvalue weighted by Gasteiger charge is 2.22. The Labute approximate surface area is 178 Å². The summed E-state index contributed by atoms with van der Waals surface area (Å²) in [4.78, 5) is 24.9. The molecule has 2 amide bonds. The first-order valence-electron chi connectivity index (χ1n) is 10.3. The van der Waals surface area contributed by atoms with Crippen LogP contribution in [0.5, 0.6) is 11.5 Å². The van der Waals surface area contributed by atoms with Gasteiger partial charge in [-0.2, -0.15) is 0 Å². The number of hydrogen-bond acceptors (Lipinski definition) is 4. The van der Waals surface area contributed by atoms with E-state index in [4.69, 9.17) is 9.47 Å². The molecule has 6 nitrogen and oxygen atoms in total. The van der Waals surface area contributed by atoms with E-state index in [2.05, 4.69) is 10.6 Å². The van der Waals surface area contributed by atoms with Gasteiger partial charge in [-0.05, 0) is 62.1 Å². The molecule has 30 heavy (non-hydrogen) atoms. The van der Waals surface area contributed by atoms with Crippen LogP contribution in [-0.2, 0) is 4.79 Å². The summed E-state index contributed by atoms with van der Waals surface area (Å²) in [6.07, 6.45) is 4.68. The molecule has 2 aromatic rings. The molecule has 0 saturated heterocycles. The fraction of sp³-hybridized carbons (Fsp3) is 0.417. The van der Waals surface area contributed by atoms with Crippen LogP contribution < -0.4 is 20.1 Å². The third-order valence-corrected chi connectivity index (χ3v) is 5.08. The van der Waals surface area contributed by atoms with Crippen LogP contribution in [-0.4, -0.2) is 25.0 Å². The molecular weight excluding hydrogens is 380 g/mol. The zero-order valence-electron chi connectivity index (χ0n) is 18.1. The molecule has 0 unspecified atom stereocenters. The first kappa shape index (κ1) is 21.7. The molecule has 1 fully saturated rings. The molecule has 1 aliphatic rings. The molecule has 2 aromatic carbocycles. The van der Waals surface area contributed by atoms with Crippen molar-refractivity contribution in [3.63, 3.8) is 0 Å². The second kappa shape index (κ2) is 9.20. The van der Waals surface area contributed by atoms with Gasteiger partial charge in [-0.25, -0.2) is 0 Å². The fourth-order valence-electron chi connectivity index (χ4n) is 3.29. The van der Waals surface area contributed by atoms with E-state index >= 15 is 0 Å². The molecule has 3 rings (SSSR count). The standard InChI is InChI=1S/C24H30N2O4/c1-24(2,3)23(28)26-18-9-7-8-17(15-18)25-22(27)16-12-13-20(21(14-16)29-4)30-19-10-5-6-11-19/h7-9,12-15,19H,5-6,10-11H2,1-4H3,(H,25,27)(H,26,28). The van der Waals surface area contributed by atoms with E-state index in [1.54, 1.807) is 49.6 Å². The van der Waals surface area contributed by atoms with E-state index in [-0.39, 0.29) is 17.9 Å². The van der Waals surface area contributed by atoms with Crippen LogP contribution in [0.4, 0.5) is 11.4 Å². The van der Waals surface area contributed by atoms with Gasteiger partial charge in [0.25, 0.3) is 5.91 Å². The zero-order chi connectivity index (χ0) is 21.7. The predicted octanol–water partition coefficient (Wildman–Crippen LogP) is 5.25. The maximum Gasteiger partial charge on any atom is 0.255 e. The zero-order valence-corrected chi connectivity index (χ0v) is 18.1. The highest BCUT2D eigenvalue weighted by atomic mass is 16.5. The quantitative estimate of drug-likeness (QED) is 0.682.